The van der Waals surface area contributed by atoms with Gasteiger partial charge in [-0.15, -0.1) is 0 Å². The molecular weight excluding hydrogens is 292 g/mol. The van der Waals surface area contributed by atoms with Gasteiger partial charge in [-0.1, -0.05) is 19.1 Å². The number of hydrogen-bond donors (Lipinski definition) is 1. The number of allylic oxidation sites excluding steroid dienone is 2. The Hall–Kier alpha value is -2.63. The molecule has 23 heavy (non-hydrogen) atoms. The Morgan fingerprint density at radius 1 is 1.35 bits per heavy atom. The fourth-order valence-electron chi connectivity index (χ4n) is 3.47. The van der Waals surface area contributed by atoms with E-state index in [9.17, 15) is 4.79 Å². The number of nitrogens with one attached hydrogen (secondary N) is 1. The Bertz CT molecular complexity index is 808. The summed E-state index contributed by atoms with van der Waals surface area (Å²) < 4.78 is 7.11. The molecule has 0 amide bonds. The third-order valence-electron chi connectivity index (χ3n) is 4.48. The first-order chi connectivity index (χ1) is 11.2. The van der Waals surface area contributed by atoms with E-state index in [-0.39, 0.29) is 11.8 Å². The summed E-state index contributed by atoms with van der Waals surface area (Å²) in [5.41, 5.74) is 2.75. The highest BCUT2D eigenvalue weighted by Crippen LogP contribution is 2.41. The van der Waals surface area contributed by atoms with Crippen LogP contribution in [0.2, 0.25) is 0 Å². The lowest BCUT2D eigenvalue weighted by atomic mass is 9.81. The zero-order valence-corrected chi connectivity index (χ0v) is 13.1. The van der Waals surface area contributed by atoms with E-state index in [0.29, 0.717) is 18.3 Å². The molecule has 0 bridgehead atoms. The number of Topliss-reactive ketones (excluding diaryl/α,β-unsaturated/α-hetero) is 1. The van der Waals surface area contributed by atoms with Crippen molar-refractivity contribution in [2.75, 3.05) is 12.4 Å². The fraction of sp³-hybridized carbons (Fsp3) is 0.353. The molecule has 0 saturated heterocycles. The smallest absolute Gasteiger partial charge is 0.226 e. The maximum atomic E-state index is 12.7. The average molecular weight is 310 g/mol. The molecule has 1 aliphatic carbocycles. The van der Waals surface area contributed by atoms with E-state index in [1.807, 2.05) is 24.3 Å². The van der Waals surface area contributed by atoms with Crippen molar-refractivity contribution in [3.8, 4) is 5.75 Å². The number of ketones is 1. The molecule has 0 saturated carbocycles. The van der Waals surface area contributed by atoms with Crippen molar-refractivity contribution in [1.29, 1.82) is 0 Å². The molecule has 0 fully saturated rings. The third kappa shape index (κ3) is 2.21. The number of carbonyl (C=O) groups is 1. The van der Waals surface area contributed by atoms with E-state index >= 15 is 0 Å². The summed E-state index contributed by atoms with van der Waals surface area (Å²) in [5.74, 6) is 1.97. The van der Waals surface area contributed by atoms with Crippen LogP contribution in [0.15, 0.2) is 41.9 Å². The number of carbonyl (C=O) groups excluding carboxylic acids is 1. The number of aromatic nitrogens is 3. The second kappa shape index (κ2) is 5.22. The molecule has 0 spiro atoms. The minimum Gasteiger partial charge on any atom is -0.497 e. The minimum atomic E-state index is -0.251. The number of methoxy groups -OCH3 is 1. The molecule has 2 aliphatic rings. The van der Waals surface area contributed by atoms with Crippen molar-refractivity contribution in [2.45, 2.75) is 25.8 Å². The van der Waals surface area contributed by atoms with Gasteiger partial charge in [0.05, 0.1) is 7.11 Å². The van der Waals surface area contributed by atoms with Crippen LogP contribution in [0.1, 0.15) is 31.4 Å². The lowest BCUT2D eigenvalue weighted by molar-refractivity contribution is -0.117. The van der Waals surface area contributed by atoms with Crippen LogP contribution in [-0.4, -0.2) is 27.7 Å². The molecule has 6 heteroatoms. The number of anilines is 1. The quantitative estimate of drug-likeness (QED) is 0.923. The van der Waals surface area contributed by atoms with Crippen LogP contribution in [-0.2, 0) is 4.79 Å². The van der Waals surface area contributed by atoms with E-state index in [2.05, 4.69) is 22.3 Å². The van der Waals surface area contributed by atoms with Crippen molar-refractivity contribution in [2.24, 2.45) is 5.92 Å². The molecule has 6 nitrogen and oxygen atoms in total. The van der Waals surface area contributed by atoms with Gasteiger partial charge in [0, 0.05) is 17.7 Å². The van der Waals surface area contributed by atoms with E-state index in [1.54, 1.807) is 11.8 Å². The van der Waals surface area contributed by atoms with E-state index in [1.165, 1.54) is 6.33 Å². The predicted molar refractivity (Wildman–Crippen MR) is 85.2 cm³/mol. The molecule has 0 unspecified atom stereocenters. The largest absolute Gasteiger partial charge is 0.497 e. The Kier molecular flexibility index (Phi) is 3.18. The van der Waals surface area contributed by atoms with Crippen molar-refractivity contribution >= 4 is 11.7 Å². The number of ether oxygens (including phenoxy) is 1. The van der Waals surface area contributed by atoms with Crippen LogP contribution in [0.3, 0.4) is 0 Å². The molecular formula is C17H18N4O2. The van der Waals surface area contributed by atoms with Gasteiger partial charge < -0.3 is 10.1 Å². The zero-order chi connectivity index (χ0) is 16.0. The molecule has 118 valence electrons. The number of fused-ring (bicyclic) bond motifs is 1. The average Bonchev–Trinajstić information content (AvgIpc) is 3.00. The first-order valence-corrected chi connectivity index (χ1v) is 7.74. The summed E-state index contributed by atoms with van der Waals surface area (Å²) in [7, 11) is 1.64. The molecule has 1 N–H and O–H groups in total. The van der Waals surface area contributed by atoms with Crippen LogP contribution in [0.4, 0.5) is 5.95 Å². The Morgan fingerprint density at radius 3 is 3.04 bits per heavy atom. The van der Waals surface area contributed by atoms with Gasteiger partial charge in [0.1, 0.15) is 18.1 Å². The molecule has 1 aromatic heterocycles. The maximum absolute atomic E-state index is 12.7. The Labute approximate surface area is 134 Å². The Balaban J connectivity index is 1.89. The van der Waals surface area contributed by atoms with Gasteiger partial charge in [-0.2, -0.15) is 10.1 Å². The molecule has 0 radical (unpaired) electrons. The van der Waals surface area contributed by atoms with Crippen LogP contribution < -0.4 is 10.1 Å². The predicted octanol–water partition coefficient (Wildman–Crippen LogP) is 2.55. The lowest BCUT2D eigenvalue weighted by Crippen LogP contribution is -2.33. The lowest BCUT2D eigenvalue weighted by Gasteiger charge is -2.34. The molecule has 4 rings (SSSR count). The third-order valence-corrected chi connectivity index (χ3v) is 4.48. The number of hydrogen-bond acceptors (Lipinski definition) is 5. The summed E-state index contributed by atoms with van der Waals surface area (Å²) in [6.45, 7) is 2.10. The summed E-state index contributed by atoms with van der Waals surface area (Å²) >= 11 is 0. The van der Waals surface area contributed by atoms with Crippen LogP contribution in [0.5, 0.6) is 5.75 Å². The van der Waals surface area contributed by atoms with Crippen molar-refractivity contribution in [3.63, 3.8) is 0 Å². The highest BCUT2D eigenvalue weighted by molar-refractivity contribution is 5.99. The first-order valence-electron chi connectivity index (χ1n) is 7.74. The van der Waals surface area contributed by atoms with Gasteiger partial charge >= 0.3 is 0 Å². The molecule has 1 aromatic carbocycles. The fourth-order valence-corrected chi connectivity index (χ4v) is 3.47. The monoisotopic (exact) mass is 310 g/mol. The van der Waals surface area contributed by atoms with Crippen LogP contribution >= 0.6 is 0 Å². The van der Waals surface area contributed by atoms with Crippen molar-refractivity contribution < 1.29 is 9.53 Å². The highest BCUT2D eigenvalue weighted by atomic mass is 16.5. The molecule has 1 aliphatic heterocycles. The van der Waals surface area contributed by atoms with E-state index in [0.717, 1.165) is 29.0 Å². The van der Waals surface area contributed by atoms with Gasteiger partial charge in [-0.05, 0) is 30.0 Å². The Morgan fingerprint density at radius 2 is 2.22 bits per heavy atom. The minimum absolute atomic E-state index is 0.181. The van der Waals surface area contributed by atoms with Gasteiger partial charge in [-0.3, -0.25) is 4.79 Å². The highest BCUT2D eigenvalue weighted by Gasteiger charge is 2.37. The standard InChI is InChI=1S/C17H18N4O2/c1-10-6-13-15(14(22)7-10)16(21-17(20-13)18-9-19-21)11-4-3-5-12(8-11)23-2/h3-5,8-10,16H,6-7H2,1-2H3,(H,18,19,20)/t10-,16-/m0/s1. The van der Waals surface area contributed by atoms with Gasteiger partial charge in [0.15, 0.2) is 5.78 Å². The number of nitrogens with zero attached hydrogens (tertiary/aromatic N) is 3. The SMILES string of the molecule is COc1cccc([C@H]2C3=C(C[C@H](C)CC3=O)Nc3ncnn32)c1. The molecule has 2 atom stereocenters. The van der Waals surface area contributed by atoms with Crippen LogP contribution in [0.25, 0.3) is 0 Å². The first kappa shape index (κ1) is 14.0. The summed E-state index contributed by atoms with van der Waals surface area (Å²) in [6, 6.07) is 7.53. The van der Waals surface area contributed by atoms with Crippen molar-refractivity contribution in [3.05, 3.63) is 47.4 Å². The second-order valence-corrected chi connectivity index (χ2v) is 6.16. The summed E-state index contributed by atoms with van der Waals surface area (Å²) in [5, 5.41) is 7.62. The maximum Gasteiger partial charge on any atom is 0.226 e. The molecule has 2 aromatic rings. The number of benzene rings is 1. The summed E-state index contributed by atoms with van der Waals surface area (Å²) in [6.07, 6.45) is 2.95. The van der Waals surface area contributed by atoms with Gasteiger partial charge in [-0.25, -0.2) is 4.68 Å². The normalized spacial score (nSPS) is 23.1. The van der Waals surface area contributed by atoms with E-state index < -0.39 is 0 Å². The topological polar surface area (TPSA) is 69.0 Å². The second-order valence-electron chi connectivity index (χ2n) is 6.16. The zero-order valence-electron chi connectivity index (χ0n) is 13.1. The van der Waals surface area contributed by atoms with Crippen LogP contribution in [0, 0.1) is 5.92 Å². The van der Waals surface area contributed by atoms with E-state index in [4.69, 9.17) is 4.74 Å². The van der Waals surface area contributed by atoms with Crippen molar-refractivity contribution in [1.82, 2.24) is 14.8 Å². The van der Waals surface area contributed by atoms with Gasteiger partial charge in [0.25, 0.3) is 0 Å². The number of rotatable bonds is 2. The van der Waals surface area contributed by atoms with Gasteiger partial charge in [0.2, 0.25) is 5.95 Å². The molecule has 2 heterocycles. The summed E-state index contributed by atoms with van der Waals surface area (Å²) in [4.78, 5) is 17.0.